The fourth-order valence-electron chi connectivity index (χ4n) is 1.45. The van der Waals surface area contributed by atoms with Crippen molar-refractivity contribution in [3.63, 3.8) is 0 Å². The van der Waals surface area contributed by atoms with E-state index < -0.39 is 0 Å². The molecule has 1 atom stereocenters. The van der Waals surface area contributed by atoms with Crippen molar-refractivity contribution >= 4 is 5.82 Å². The van der Waals surface area contributed by atoms with E-state index in [4.69, 9.17) is 0 Å². The summed E-state index contributed by atoms with van der Waals surface area (Å²) in [6, 6.07) is 2.53. The zero-order valence-corrected chi connectivity index (χ0v) is 10.7. The zero-order valence-electron chi connectivity index (χ0n) is 10.7. The first kappa shape index (κ1) is 12.9. The Morgan fingerprint density at radius 1 is 1.50 bits per heavy atom. The van der Waals surface area contributed by atoms with Gasteiger partial charge in [-0.05, 0) is 33.4 Å². The molecule has 1 aromatic heterocycles. The topological polar surface area (TPSA) is 41.0 Å². The van der Waals surface area contributed by atoms with Crippen LogP contribution < -0.4 is 5.32 Å². The minimum Gasteiger partial charge on any atom is -0.369 e. The Morgan fingerprint density at radius 3 is 2.88 bits per heavy atom. The van der Waals surface area contributed by atoms with Crippen molar-refractivity contribution in [1.29, 1.82) is 0 Å². The minimum atomic E-state index is 0.633. The van der Waals surface area contributed by atoms with Crippen LogP contribution in [-0.4, -0.2) is 41.0 Å². The summed E-state index contributed by atoms with van der Waals surface area (Å²) < 4.78 is 0. The lowest BCUT2D eigenvalue weighted by molar-refractivity contribution is 0.261. The van der Waals surface area contributed by atoms with Crippen LogP contribution in [-0.2, 0) is 0 Å². The van der Waals surface area contributed by atoms with Gasteiger partial charge in [-0.3, -0.25) is 0 Å². The van der Waals surface area contributed by atoms with Crippen molar-refractivity contribution in [2.24, 2.45) is 0 Å². The molecule has 1 N–H and O–H groups in total. The molecule has 0 spiro atoms. The van der Waals surface area contributed by atoms with Gasteiger partial charge in [0.05, 0.1) is 0 Å². The molecule has 1 heterocycles. The van der Waals surface area contributed by atoms with E-state index in [2.05, 4.69) is 41.1 Å². The van der Waals surface area contributed by atoms with Crippen molar-refractivity contribution in [3.8, 4) is 0 Å². The fourth-order valence-corrected chi connectivity index (χ4v) is 1.45. The van der Waals surface area contributed by atoms with Crippen molar-refractivity contribution < 1.29 is 0 Å². The van der Waals surface area contributed by atoms with E-state index in [9.17, 15) is 0 Å². The summed E-state index contributed by atoms with van der Waals surface area (Å²) in [5, 5.41) is 3.30. The Kier molecular flexibility index (Phi) is 5.19. The first-order chi connectivity index (χ1) is 7.63. The summed E-state index contributed by atoms with van der Waals surface area (Å²) >= 11 is 0. The van der Waals surface area contributed by atoms with Gasteiger partial charge in [0.25, 0.3) is 0 Å². The van der Waals surface area contributed by atoms with Crippen molar-refractivity contribution in [1.82, 2.24) is 14.9 Å². The number of hydrogen-bond acceptors (Lipinski definition) is 4. The molecule has 0 saturated heterocycles. The number of nitrogens with zero attached hydrogens (tertiary/aromatic N) is 3. The Labute approximate surface area is 98.1 Å². The molecule has 0 fully saturated rings. The Morgan fingerprint density at radius 2 is 2.25 bits per heavy atom. The summed E-state index contributed by atoms with van der Waals surface area (Å²) in [5.74, 6) is 1.71. The molecular weight excluding hydrogens is 200 g/mol. The number of aryl methyl sites for hydroxylation is 1. The third-order valence-electron chi connectivity index (χ3n) is 2.89. The normalized spacial score (nSPS) is 12.8. The Balaban J connectivity index is 2.30. The van der Waals surface area contributed by atoms with Crippen molar-refractivity contribution in [2.45, 2.75) is 33.2 Å². The smallest absolute Gasteiger partial charge is 0.129 e. The van der Waals surface area contributed by atoms with Crippen LogP contribution in [0.1, 0.15) is 26.1 Å². The molecule has 1 unspecified atom stereocenters. The predicted molar refractivity (Wildman–Crippen MR) is 67.6 cm³/mol. The summed E-state index contributed by atoms with van der Waals surface area (Å²) in [4.78, 5) is 10.7. The lowest BCUT2D eigenvalue weighted by atomic mass is 10.2. The maximum Gasteiger partial charge on any atom is 0.129 e. The number of likely N-dealkylation sites (N-methyl/N-ethyl adjacent to an activating group) is 1. The van der Waals surface area contributed by atoms with E-state index in [-0.39, 0.29) is 0 Å². The quantitative estimate of drug-likeness (QED) is 0.798. The molecule has 0 aliphatic rings. The average molecular weight is 222 g/mol. The van der Waals surface area contributed by atoms with Gasteiger partial charge in [0.15, 0.2) is 0 Å². The van der Waals surface area contributed by atoms with E-state index in [1.165, 1.54) is 6.42 Å². The van der Waals surface area contributed by atoms with E-state index in [0.717, 1.165) is 24.7 Å². The van der Waals surface area contributed by atoms with Crippen molar-refractivity contribution in [2.75, 3.05) is 25.5 Å². The molecule has 1 rings (SSSR count). The van der Waals surface area contributed by atoms with Gasteiger partial charge in [-0.1, -0.05) is 6.92 Å². The zero-order chi connectivity index (χ0) is 12.0. The molecule has 0 aromatic carbocycles. The fraction of sp³-hybridized carbons (Fsp3) is 0.667. The number of hydrogen-bond donors (Lipinski definition) is 1. The molecule has 0 radical (unpaired) electrons. The molecule has 0 aliphatic carbocycles. The second kappa shape index (κ2) is 6.43. The van der Waals surface area contributed by atoms with E-state index in [0.29, 0.717) is 6.04 Å². The van der Waals surface area contributed by atoms with Crippen LogP contribution in [0.2, 0.25) is 0 Å². The van der Waals surface area contributed by atoms with Gasteiger partial charge < -0.3 is 10.2 Å². The number of anilines is 1. The maximum atomic E-state index is 4.29. The van der Waals surface area contributed by atoms with E-state index in [1.54, 1.807) is 6.20 Å². The highest BCUT2D eigenvalue weighted by molar-refractivity contribution is 5.32. The largest absolute Gasteiger partial charge is 0.369 e. The van der Waals surface area contributed by atoms with Crippen LogP contribution in [0.15, 0.2) is 12.3 Å². The van der Waals surface area contributed by atoms with Crippen molar-refractivity contribution in [3.05, 3.63) is 18.1 Å². The van der Waals surface area contributed by atoms with Crippen LogP contribution in [0.25, 0.3) is 0 Å². The standard InChI is InChI=1S/C12H22N4/c1-5-10(2)16(4)9-8-14-12-6-7-13-11(3)15-12/h6-7,10H,5,8-9H2,1-4H3,(H,13,14,15). The summed E-state index contributed by atoms with van der Waals surface area (Å²) in [7, 11) is 2.15. The molecule has 4 nitrogen and oxygen atoms in total. The van der Waals surface area contributed by atoms with Gasteiger partial charge in [-0.2, -0.15) is 0 Å². The molecule has 16 heavy (non-hydrogen) atoms. The molecular formula is C12H22N4. The molecule has 4 heteroatoms. The Bertz CT molecular complexity index is 314. The molecule has 90 valence electrons. The van der Waals surface area contributed by atoms with Gasteiger partial charge >= 0.3 is 0 Å². The summed E-state index contributed by atoms with van der Waals surface area (Å²) in [5.41, 5.74) is 0. The molecule has 0 saturated carbocycles. The highest BCUT2D eigenvalue weighted by atomic mass is 15.1. The second-order valence-corrected chi connectivity index (χ2v) is 4.15. The predicted octanol–water partition coefficient (Wildman–Crippen LogP) is 1.93. The third-order valence-corrected chi connectivity index (χ3v) is 2.89. The first-order valence-corrected chi connectivity index (χ1v) is 5.87. The lowest BCUT2D eigenvalue weighted by Crippen LogP contribution is -2.32. The maximum absolute atomic E-state index is 4.29. The van der Waals surface area contributed by atoms with Gasteiger partial charge in [0, 0.05) is 25.3 Å². The average Bonchev–Trinajstić information content (AvgIpc) is 2.28. The third kappa shape index (κ3) is 4.14. The molecule has 1 aromatic rings. The van der Waals surface area contributed by atoms with Gasteiger partial charge in [-0.25, -0.2) is 9.97 Å². The van der Waals surface area contributed by atoms with Crippen LogP contribution >= 0.6 is 0 Å². The SMILES string of the molecule is CCC(C)N(C)CCNc1ccnc(C)n1. The summed E-state index contributed by atoms with van der Waals surface area (Å²) in [6.45, 7) is 8.29. The minimum absolute atomic E-state index is 0.633. The number of nitrogens with one attached hydrogen (secondary N) is 1. The van der Waals surface area contributed by atoms with Gasteiger partial charge in [0.2, 0.25) is 0 Å². The highest BCUT2D eigenvalue weighted by Gasteiger charge is 2.05. The lowest BCUT2D eigenvalue weighted by Gasteiger charge is -2.23. The monoisotopic (exact) mass is 222 g/mol. The van der Waals surface area contributed by atoms with Crippen LogP contribution in [0, 0.1) is 6.92 Å². The number of aromatic nitrogens is 2. The van der Waals surface area contributed by atoms with Crippen LogP contribution in [0.5, 0.6) is 0 Å². The number of rotatable bonds is 6. The Hall–Kier alpha value is -1.16. The van der Waals surface area contributed by atoms with Gasteiger partial charge in [0.1, 0.15) is 11.6 Å². The molecule has 0 aliphatic heterocycles. The highest BCUT2D eigenvalue weighted by Crippen LogP contribution is 2.02. The molecule has 0 amide bonds. The van der Waals surface area contributed by atoms with Crippen LogP contribution in [0.4, 0.5) is 5.82 Å². The van der Waals surface area contributed by atoms with E-state index >= 15 is 0 Å². The second-order valence-electron chi connectivity index (χ2n) is 4.15. The molecule has 0 bridgehead atoms. The van der Waals surface area contributed by atoms with Crippen LogP contribution in [0.3, 0.4) is 0 Å². The van der Waals surface area contributed by atoms with E-state index in [1.807, 2.05) is 13.0 Å². The summed E-state index contributed by atoms with van der Waals surface area (Å²) in [6.07, 6.45) is 2.96. The first-order valence-electron chi connectivity index (χ1n) is 5.87. The van der Waals surface area contributed by atoms with Gasteiger partial charge in [-0.15, -0.1) is 0 Å².